The van der Waals surface area contributed by atoms with Crippen LogP contribution in [0.4, 0.5) is 5.69 Å². The van der Waals surface area contributed by atoms with Crippen molar-refractivity contribution in [3.63, 3.8) is 0 Å². The molecule has 1 fully saturated rings. The molecule has 1 amide bonds. The third-order valence-electron chi connectivity index (χ3n) is 3.66. The lowest BCUT2D eigenvalue weighted by molar-refractivity contribution is 0.0999. The Balaban J connectivity index is 2.05. The van der Waals surface area contributed by atoms with Gasteiger partial charge in [-0.05, 0) is 22.0 Å². The van der Waals surface area contributed by atoms with Crippen molar-refractivity contribution in [1.29, 1.82) is 0 Å². The summed E-state index contributed by atoms with van der Waals surface area (Å²) in [4.78, 5) is 11.7. The molecule has 0 spiro atoms. The molecule has 1 aliphatic heterocycles. The van der Waals surface area contributed by atoms with Crippen LogP contribution in [0.1, 0.15) is 10.4 Å². The number of methoxy groups -OCH3 is 1. The Hall–Kier alpha value is -1.64. The second-order valence-corrected chi connectivity index (χ2v) is 5.88. The highest BCUT2D eigenvalue weighted by atomic mass is 79.9. The van der Waals surface area contributed by atoms with Crippen LogP contribution in [0, 0.1) is 0 Å². The number of amides is 1. The Labute approximate surface area is 130 Å². The highest BCUT2D eigenvalue weighted by Gasteiger charge is 2.28. The summed E-state index contributed by atoms with van der Waals surface area (Å²) in [5, 5.41) is 10.8. The summed E-state index contributed by atoms with van der Waals surface area (Å²) in [6, 6.07) is 1.96. The van der Waals surface area contributed by atoms with Crippen LogP contribution in [-0.2, 0) is 4.74 Å². The normalized spacial score (nSPS) is 21.8. The highest BCUT2D eigenvalue weighted by Crippen LogP contribution is 2.27. The minimum Gasteiger partial charge on any atom is -0.378 e. The Morgan fingerprint density at radius 2 is 2.43 bits per heavy atom. The molecule has 8 heteroatoms. The number of ether oxygens (including phenoxy) is 1. The third-order valence-corrected chi connectivity index (χ3v) is 4.09. The number of aromatic nitrogens is 2. The van der Waals surface area contributed by atoms with E-state index in [-0.39, 0.29) is 12.1 Å². The predicted octanol–water partition coefficient (Wildman–Crippen LogP) is 0.594. The van der Waals surface area contributed by atoms with E-state index in [1.54, 1.807) is 11.6 Å². The van der Waals surface area contributed by atoms with Gasteiger partial charge in [0.1, 0.15) is 0 Å². The van der Waals surface area contributed by atoms with Gasteiger partial charge in [0.15, 0.2) is 0 Å². The van der Waals surface area contributed by atoms with E-state index < -0.39 is 5.91 Å². The quantitative estimate of drug-likeness (QED) is 0.748. The molecule has 2 atom stereocenters. The molecule has 112 valence electrons. The second-order valence-electron chi connectivity index (χ2n) is 4.97. The van der Waals surface area contributed by atoms with Gasteiger partial charge in [0.25, 0.3) is 5.91 Å². The maximum absolute atomic E-state index is 11.7. The van der Waals surface area contributed by atoms with E-state index in [2.05, 4.69) is 31.7 Å². The molecule has 0 saturated carbocycles. The van der Waals surface area contributed by atoms with Gasteiger partial charge in [0.05, 0.1) is 35.1 Å². The zero-order chi connectivity index (χ0) is 15.0. The smallest absolute Gasteiger partial charge is 0.252 e. The van der Waals surface area contributed by atoms with Gasteiger partial charge in [0.2, 0.25) is 0 Å². The average Bonchev–Trinajstić information content (AvgIpc) is 3.03. The Bertz CT molecular complexity index is 686. The van der Waals surface area contributed by atoms with Gasteiger partial charge >= 0.3 is 0 Å². The fourth-order valence-corrected chi connectivity index (χ4v) is 3.01. The molecular weight excluding hydrogens is 338 g/mol. The maximum atomic E-state index is 11.7. The molecule has 21 heavy (non-hydrogen) atoms. The Morgan fingerprint density at radius 3 is 3.14 bits per heavy atom. The van der Waals surface area contributed by atoms with E-state index in [0.717, 1.165) is 23.1 Å². The lowest BCUT2D eigenvalue weighted by atomic mass is 10.1. The van der Waals surface area contributed by atoms with Crippen molar-refractivity contribution in [1.82, 2.24) is 14.9 Å². The number of fused-ring (bicyclic) bond motifs is 1. The average molecular weight is 354 g/mol. The number of nitrogens with zero attached hydrogens (tertiary/aromatic N) is 2. The van der Waals surface area contributed by atoms with Crippen LogP contribution in [-0.4, -0.2) is 47.9 Å². The van der Waals surface area contributed by atoms with Crippen molar-refractivity contribution >= 4 is 33.0 Å². The summed E-state index contributed by atoms with van der Waals surface area (Å²) in [6.45, 7) is 1.53. The van der Waals surface area contributed by atoms with Gasteiger partial charge in [-0.2, -0.15) is 5.10 Å². The van der Waals surface area contributed by atoms with Gasteiger partial charge in [-0.3, -0.25) is 4.79 Å². The van der Waals surface area contributed by atoms with E-state index in [0.29, 0.717) is 11.3 Å². The maximum Gasteiger partial charge on any atom is 0.252 e. The summed E-state index contributed by atoms with van der Waals surface area (Å²) in [5.41, 5.74) is 7.31. The molecule has 0 aliphatic carbocycles. The first-order valence-electron chi connectivity index (χ1n) is 6.57. The summed E-state index contributed by atoms with van der Waals surface area (Å²) >= 11 is 3.42. The molecule has 4 N–H and O–H groups in total. The van der Waals surface area contributed by atoms with E-state index in [4.69, 9.17) is 10.5 Å². The van der Waals surface area contributed by atoms with E-state index in [1.807, 2.05) is 12.3 Å². The number of anilines is 1. The number of rotatable bonds is 4. The number of nitrogens with two attached hydrogens (primary N) is 1. The van der Waals surface area contributed by atoms with Crippen LogP contribution in [0.5, 0.6) is 0 Å². The molecule has 0 bridgehead atoms. The van der Waals surface area contributed by atoms with Crippen molar-refractivity contribution < 1.29 is 9.53 Å². The second kappa shape index (κ2) is 5.63. The van der Waals surface area contributed by atoms with Gasteiger partial charge in [-0.15, -0.1) is 0 Å². The summed E-state index contributed by atoms with van der Waals surface area (Å²) in [6.07, 6.45) is 3.35. The number of halogens is 1. The number of carbonyl (C=O) groups is 1. The van der Waals surface area contributed by atoms with E-state index in [9.17, 15) is 4.79 Å². The summed E-state index contributed by atoms with van der Waals surface area (Å²) < 4.78 is 8.02. The van der Waals surface area contributed by atoms with Crippen molar-refractivity contribution in [2.45, 2.75) is 12.1 Å². The van der Waals surface area contributed by atoms with Gasteiger partial charge in [-0.25, -0.2) is 4.52 Å². The lowest BCUT2D eigenvalue weighted by Crippen LogP contribution is -2.34. The largest absolute Gasteiger partial charge is 0.378 e. The van der Waals surface area contributed by atoms with Crippen molar-refractivity contribution in [3.05, 3.63) is 28.5 Å². The molecule has 3 heterocycles. The summed E-state index contributed by atoms with van der Waals surface area (Å²) in [7, 11) is 1.68. The third kappa shape index (κ3) is 2.61. The van der Waals surface area contributed by atoms with Crippen LogP contribution in [0.2, 0.25) is 0 Å². The number of hydrogen-bond acceptors (Lipinski definition) is 5. The molecule has 0 radical (unpaired) electrons. The minimum atomic E-state index is -0.509. The number of primary amides is 1. The van der Waals surface area contributed by atoms with E-state index >= 15 is 0 Å². The van der Waals surface area contributed by atoms with Gasteiger partial charge in [0, 0.05) is 30.9 Å². The standard InChI is InChI=1S/C13H16BrN5O2/c1-21-11-5-16-4-9(11)18-12-8(13(15)20)3-17-19-6-7(14)2-10(12)19/h2-3,6,9,11,16,18H,4-5H2,1H3,(H2,15,20). The molecule has 1 saturated heterocycles. The predicted molar refractivity (Wildman–Crippen MR) is 82.5 cm³/mol. The first-order valence-corrected chi connectivity index (χ1v) is 7.36. The van der Waals surface area contributed by atoms with Crippen LogP contribution >= 0.6 is 15.9 Å². The molecule has 2 aromatic rings. The number of carbonyl (C=O) groups excluding carboxylic acids is 1. The minimum absolute atomic E-state index is 0.0392. The Morgan fingerprint density at radius 1 is 1.62 bits per heavy atom. The fraction of sp³-hybridized carbons (Fsp3) is 0.385. The molecule has 1 aliphatic rings. The first kappa shape index (κ1) is 14.3. The van der Waals surface area contributed by atoms with Crippen LogP contribution in [0.25, 0.3) is 5.52 Å². The number of nitrogens with one attached hydrogen (secondary N) is 2. The SMILES string of the molecule is COC1CNCC1Nc1c(C(N)=O)cnn2cc(Br)cc12. The molecule has 2 aromatic heterocycles. The number of hydrogen-bond donors (Lipinski definition) is 3. The van der Waals surface area contributed by atoms with Crippen LogP contribution in [0.3, 0.4) is 0 Å². The van der Waals surface area contributed by atoms with Gasteiger partial charge in [-0.1, -0.05) is 0 Å². The topological polar surface area (TPSA) is 93.7 Å². The zero-order valence-electron chi connectivity index (χ0n) is 11.5. The highest BCUT2D eigenvalue weighted by molar-refractivity contribution is 9.10. The van der Waals surface area contributed by atoms with Crippen molar-refractivity contribution in [2.24, 2.45) is 5.73 Å². The fourth-order valence-electron chi connectivity index (χ4n) is 2.60. The van der Waals surface area contributed by atoms with Crippen LogP contribution in [0.15, 0.2) is 22.9 Å². The molecule has 2 unspecified atom stereocenters. The van der Waals surface area contributed by atoms with Crippen molar-refractivity contribution in [3.8, 4) is 0 Å². The molecule has 0 aromatic carbocycles. The van der Waals surface area contributed by atoms with Gasteiger partial charge < -0.3 is 21.1 Å². The molecular formula is C13H16BrN5O2. The molecule has 7 nitrogen and oxygen atoms in total. The van der Waals surface area contributed by atoms with E-state index in [1.165, 1.54) is 6.20 Å². The zero-order valence-corrected chi connectivity index (χ0v) is 13.1. The molecule has 3 rings (SSSR count). The van der Waals surface area contributed by atoms with Crippen molar-refractivity contribution in [2.75, 3.05) is 25.5 Å². The monoisotopic (exact) mass is 353 g/mol. The lowest BCUT2D eigenvalue weighted by Gasteiger charge is -2.21. The Kier molecular flexibility index (Phi) is 3.83. The van der Waals surface area contributed by atoms with Crippen LogP contribution < -0.4 is 16.4 Å². The first-order chi connectivity index (χ1) is 10.1. The summed E-state index contributed by atoms with van der Waals surface area (Å²) in [5.74, 6) is -0.509.